The number of hydrogen-bond donors (Lipinski definition) is 0. The zero-order valence-corrected chi connectivity index (χ0v) is 16.2. The van der Waals surface area contributed by atoms with Gasteiger partial charge in [-0.3, -0.25) is 0 Å². The zero-order valence-electron chi connectivity index (χ0n) is 13.1. The van der Waals surface area contributed by atoms with Crippen LogP contribution in [0.4, 0.5) is 0 Å². The van der Waals surface area contributed by atoms with E-state index >= 15 is 0 Å². The fraction of sp³-hybridized carbons (Fsp3) is 0.375. The molecule has 0 N–H and O–H groups in total. The van der Waals surface area contributed by atoms with E-state index in [9.17, 15) is 9.59 Å². The molecule has 0 unspecified atom stereocenters. The molecule has 2 fully saturated rings. The van der Waals surface area contributed by atoms with E-state index in [1.807, 2.05) is 0 Å². The lowest BCUT2D eigenvalue weighted by atomic mass is 10.1. The van der Waals surface area contributed by atoms with Gasteiger partial charge in [-0.05, 0) is 22.9 Å². The van der Waals surface area contributed by atoms with E-state index in [2.05, 4.69) is 0 Å². The van der Waals surface area contributed by atoms with Gasteiger partial charge in [-0.25, -0.2) is 9.59 Å². The molecule has 4 heterocycles. The van der Waals surface area contributed by atoms with Gasteiger partial charge in [-0.2, -0.15) is 0 Å². The van der Waals surface area contributed by atoms with Crippen LogP contribution in [-0.4, -0.2) is 49.6 Å². The zero-order chi connectivity index (χ0) is 18.3. The summed E-state index contributed by atoms with van der Waals surface area (Å²) in [5.41, 5.74) is 0. The molecule has 2 aromatic rings. The van der Waals surface area contributed by atoms with Crippen LogP contribution in [0.3, 0.4) is 0 Å². The number of halogens is 2. The second-order valence-corrected chi connectivity index (χ2v) is 8.33. The van der Waals surface area contributed by atoms with Crippen molar-refractivity contribution >= 4 is 57.8 Å². The van der Waals surface area contributed by atoms with Crippen molar-refractivity contribution < 1.29 is 28.5 Å². The predicted molar refractivity (Wildman–Crippen MR) is 96.5 cm³/mol. The van der Waals surface area contributed by atoms with Gasteiger partial charge in [0.2, 0.25) is 0 Å². The van der Waals surface area contributed by atoms with Crippen molar-refractivity contribution in [3.8, 4) is 0 Å². The maximum absolute atomic E-state index is 12.2. The van der Waals surface area contributed by atoms with Gasteiger partial charge in [-0.15, -0.1) is 22.7 Å². The maximum Gasteiger partial charge on any atom is 0.350 e. The van der Waals surface area contributed by atoms with Crippen molar-refractivity contribution in [3.05, 3.63) is 42.7 Å². The average Bonchev–Trinajstić information content (AvgIpc) is 3.35. The number of carbonyl (C=O) groups excluding carboxylic acids is 2. The molecule has 2 aliphatic heterocycles. The summed E-state index contributed by atoms with van der Waals surface area (Å²) in [4.78, 5) is 25.1. The number of esters is 2. The summed E-state index contributed by atoms with van der Waals surface area (Å²) in [5.74, 6) is -1.04. The fourth-order valence-corrected chi connectivity index (χ4v) is 4.92. The molecule has 0 aromatic carbocycles. The first-order valence-electron chi connectivity index (χ1n) is 7.65. The molecule has 6 nitrogen and oxygen atoms in total. The number of ether oxygens (including phenoxy) is 4. The van der Waals surface area contributed by atoms with Crippen molar-refractivity contribution in [1.29, 1.82) is 0 Å². The highest BCUT2D eigenvalue weighted by molar-refractivity contribution is 7.13. The molecule has 0 bridgehead atoms. The first-order chi connectivity index (χ1) is 12.5. The minimum atomic E-state index is -0.584. The number of thiophene rings is 2. The average molecular weight is 435 g/mol. The Bertz CT molecular complexity index is 766. The van der Waals surface area contributed by atoms with E-state index in [0.717, 1.165) is 0 Å². The van der Waals surface area contributed by atoms with Crippen LogP contribution in [0.5, 0.6) is 0 Å². The third-order valence-electron chi connectivity index (χ3n) is 4.08. The van der Waals surface area contributed by atoms with E-state index in [-0.39, 0.29) is 13.2 Å². The van der Waals surface area contributed by atoms with Gasteiger partial charge in [0.1, 0.15) is 22.0 Å². The first kappa shape index (κ1) is 18.2. The Balaban J connectivity index is 1.38. The number of fused-ring (bicyclic) bond motifs is 1. The second-order valence-electron chi connectivity index (χ2n) is 5.68. The molecule has 0 radical (unpaired) electrons. The van der Waals surface area contributed by atoms with Crippen LogP contribution in [0.25, 0.3) is 0 Å². The third kappa shape index (κ3) is 3.37. The summed E-state index contributed by atoms with van der Waals surface area (Å²) in [5, 5.41) is 4.12. The largest absolute Gasteiger partial charge is 0.453 e. The van der Waals surface area contributed by atoms with Gasteiger partial charge >= 0.3 is 11.9 Å². The van der Waals surface area contributed by atoms with Crippen LogP contribution in [0, 0.1) is 0 Å². The second kappa shape index (κ2) is 7.46. The SMILES string of the molecule is O=C(O[C@H]1CO[C@H]2[C@@H]1OC[C@H]2OC(=O)c1sccc1Cl)c1sccc1Cl. The van der Waals surface area contributed by atoms with Crippen molar-refractivity contribution in [1.82, 2.24) is 0 Å². The summed E-state index contributed by atoms with van der Waals surface area (Å²) in [6.45, 7) is 0.329. The molecule has 26 heavy (non-hydrogen) atoms. The lowest BCUT2D eigenvalue weighted by Gasteiger charge is -2.17. The molecule has 2 aromatic heterocycles. The Labute approximate surface area is 166 Å². The van der Waals surface area contributed by atoms with Crippen LogP contribution in [0.2, 0.25) is 10.0 Å². The van der Waals surface area contributed by atoms with E-state index in [1.165, 1.54) is 22.7 Å². The van der Waals surface area contributed by atoms with Crippen LogP contribution in [-0.2, 0) is 18.9 Å². The molecule has 10 heteroatoms. The minimum Gasteiger partial charge on any atom is -0.453 e. The molecule has 4 atom stereocenters. The molecule has 0 amide bonds. The van der Waals surface area contributed by atoms with Gasteiger partial charge in [-0.1, -0.05) is 23.2 Å². The molecule has 0 saturated carbocycles. The summed E-state index contributed by atoms with van der Waals surface area (Å²) < 4.78 is 22.3. The predicted octanol–water partition coefficient (Wildman–Crippen LogP) is 3.67. The Morgan fingerprint density at radius 1 is 0.885 bits per heavy atom. The van der Waals surface area contributed by atoms with E-state index in [1.54, 1.807) is 22.9 Å². The molecule has 0 aliphatic carbocycles. The van der Waals surface area contributed by atoms with Crippen LogP contribution < -0.4 is 0 Å². The fourth-order valence-electron chi connectivity index (χ4n) is 2.89. The molecular formula is C16H12Cl2O6S2. The lowest BCUT2D eigenvalue weighted by Crippen LogP contribution is -2.35. The number of hydrogen-bond acceptors (Lipinski definition) is 8. The van der Waals surface area contributed by atoms with Crippen LogP contribution in [0.15, 0.2) is 22.9 Å². The van der Waals surface area contributed by atoms with Gasteiger partial charge in [0.25, 0.3) is 0 Å². The molecule has 2 saturated heterocycles. The molecular weight excluding hydrogens is 423 g/mol. The molecule has 4 rings (SSSR count). The summed E-state index contributed by atoms with van der Waals surface area (Å²) in [7, 11) is 0. The highest BCUT2D eigenvalue weighted by atomic mass is 35.5. The standard InChI is InChI=1S/C16H12Cl2O6S2/c17-7-1-3-25-13(7)15(19)23-9-5-21-12-10(6-22-11(9)12)24-16(20)14-8(18)2-4-26-14/h1-4,9-12H,5-6H2/t9-,10+,11-,12-/m1/s1. The normalized spacial score (nSPS) is 27.3. The quantitative estimate of drug-likeness (QED) is 0.683. The van der Waals surface area contributed by atoms with Gasteiger partial charge in [0, 0.05) is 0 Å². The van der Waals surface area contributed by atoms with E-state index < -0.39 is 36.4 Å². The highest BCUT2D eigenvalue weighted by Gasteiger charge is 2.51. The summed E-state index contributed by atoms with van der Waals surface area (Å²) >= 11 is 14.3. The van der Waals surface area contributed by atoms with Crippen molar-refractivity contribution in [3.63, 3.8) is 0 Å². The smallest absolute Gasteiger partial charge is 0.350 e. The van der Waals surface area contributed by atoms with E-state index in [4.69, 9.17) is 42.1 Å². The Morgan fingerprint density at radius 2 is 1.31 bits per heavy atom. The molecule has 0 spiro atoms. The van der Waals surface area contributed by atoms with E-state index in [0.29, 0.717) is 19.8 Å². The highest BCUT2D eigenvalue weighted by Crippen LogP contribution is 2.33. The molecule has 138 valence electrons. The topological polar surface area (TPSA) is 71.1 Å². The summed E-state index contributed by atoms with van der Waals surface area (Å²) in [6.07, 6.45) is -2.15. The van der Waals surface area contributed by atoms with Crippen molar-refractivity contribution in [2.45, 2.75) is 24.4 Å². The van der Waals surface area contributed by atoms with Crippen molar-refractivity contribution in [2.24, 2.45) is 0 Å². The van der Waals surface area contributed by atoms with Gasteiger partial charge in [0.15, 0.2) is 12.2 Å². The number of rotatable bonds is 4. The van der Waals surface area contributed by atoms with Gasteiger partial charge in [0.05, 0.1) is 23.3 Å². The maximum atomic E-state index is 12.2. The minimum absolute atomic E-state index is 0.165. The van der Waals surface area contributed by atoms with Gasteiger partial charge < -0.3 is 18.9 Å². The van der Waals surface area contributed by atoms with Crippen LogP contribution in [0.1, 0.15) is 19.3 Å². The summed E-state index contributed by atoms with van der Waals surface area (Å²) in [6, 6.07) is 3.27. The Hall–Kier alpha value is -1.16. The van der Waals surface area contributed by atoms with Crippen molar-refractivity contribution in [2.75, 3.05) is 13.2 Å². The Kier molecular flexibility index (Phi) is 5.22. The Morgan fingerprint density at radius 3 is 1.65 bits per heavy atom. The lowest BCUT2D eigenvalue weighted by molar-refractivity contribution is -0.0283. The van der Waals surface area contributed by atoms with Crippen LogP contribution >= 0.6 is 45.9 Å². The monoisotopic (exact) mass is 434 g/mol. The third-order valence-corrected chi connectivity index (χ3v) is 6.73. The molecule has 2 aliphatic rings. The first-order valence-corrected chi connectivity index (χ1v) is 10.2. The number of carbonyl (C=O) groups is 2.